The number of pyridine rings is 1. The SMILES string of the molecule is CC1(C)NC(=O)N(c2ccc(Oc3cccc4c3C3(CC3)CO4)cn2)C1=O. The molecule has 1 saturated heterocycles. The summed E-state index contributed by atoms with van der Waals surface area (Å²) in [6.45, 7) is 4.04. The first kappa shape index (κ1) is 16.1. The Balaban J connectivity index is 1.41. The number of amides is 3. The Hall–Kier alpha value is -3.09. The summed E-state index contributed by atoms with van der Waals surface area (Å²) in [5, 5.41) is 2.64. The van der Waals surface area contributed by atoms with Gasteiger partial charge in [0.2, 0.25) is 0 Å². The van der Waals surface area contributed by atoms with Crippen LogP contribution in [0.15, 0.2) is 36.5 Å². The highest BCUT2D eigenvalue weighted by Crippen LogP contribution is 2.58. The molecule has 7 heteroatoms. The van der Waals surface area contributed by atoms with Gasteiger partial charge in [-0.15, -0.1) is 0 Å². The minimum atomic E-state index is -0.933. The number of nitrogens with one attached hydrogen (secondary N) is 1. The molecule has 1 spiro atoms. The number of hydrogen-bond acceptors (Lipinski definition) is 5. The molecular formula is C20H19N3O4. The second kappa shape index (κ2) is 5.22. The third-order valence-electron chi connectivity index (χ3n) is 5.41. The molecule has 1 aromatic heterocycles. The summed E-state index contributed by atoms with van der Waals surface area (Å²) in [5.74, 6) is 2.14. The van der Waals surface area contributed by atoms with Crippen LogP contribution in [0.3, 0.4) is 0 Å². The van der Waals surface area contributed by atoms with Crippen molar-refractivity contribution in [1.82, 2.24) is 10.3 Å². The summed E-state index contributed by atoms with van der Waals surface area (Å²) in [4.78, 5) is 29.8. The van der Waals surface area contributed by atoms with Crippen LogP contribution in [0.5, 0.6) is 17.2 Å². The Kier molecular flexibility index (Phi) is 3.11. The van der Waals surface area contributed by atoms with Gasteiger partial charge in [-0.25, -0.2) is 14.7 Å². The lowest BCUT2D eigenvalue weighted by atomic mass is 9.97. The Morgan fingerprint density at radius 3 is 2.63 bits per heavy atom. The van der Waals surface area contributed by atoms with Crippen LogP contribution in [0, 0.1) is 0 Å². The van der Waals surface area contributed by atoms with Crippen LogP contribution in [-0.2, 0) is 10.2 Å². The monoisotopic (exact) mass is 365 g/mol. The lowest BCUT2D eigenvalue weighted by Crippen LogP contribution is -2.40. The molecule has 1 saturated carbocycles. The summed E-state index contributed by atoms with van der Waals surface area (Å²) in [5.41, 5.74) is 0.298. The van der Waals surface area contributed by atoms with E-state index in [1.807, 2.05) is 18.2 Å². The highest BCUT2D eigenvalue weighted by molar-refractivity contribution is 6.22. The lowest BCUT2D eigenvalue weighted by molar-refractivity contribution is -0.121. The van der Waals surface area contributed by atoms with Crippen LogP contribution in [0.4, 0.5) is 10.6 Å². The standard InChI is InChI=1S/C20H19N3O4/c1-19(2)17(24)23(18(25)22-19)15-7-6-12(10-21-15)27-14-5-3-4-13-16(14)20(8-9-20)11-26-13/h3-7,10H,8-9,11H2,1-2H3,(H,22,25). The van der Waals surface area contributed by atoms with Gasteiger partial charge in [0, 0.05) is 11.0 Å². The number of imide groups is 1. The molecule has 5 rings (SSSR count). The number of hydrogen-bond donors (Lipinski definition) is 1. The van der Waals surface area contributed by atoms with E-state index in [2.05, 4.69) is 10.3 Å². The summed E-state index contributed by atoms with van der Waals surface area (Å²) in [6.07, 6.45) is 3.75. The number of fused-ring (bicyclic) bond motifs is 2. The fourth-order valence-corrected chi connectivity index (χ4v) is 3.72. The third kappa shape index (κ3) is 2.38. The fourth-order valence-electron chi connectivity index (χ4n) is 3.72. The van der Waals surface area contributed by atoms with Crippen molar-refractivity contribution >= 4 is 17.8 Å². The van der Waals surface area contributed by atoms with Gasteiger partial charge in [0.15, 0.2) is 0 Å². The molecule has 3 aliphatic rings. The van der Waals surface area contributed by atoms with Gasteiger partial charge >= 0.3 is 6.03 Å². The van der Waals surface area contributed by atoms with Crippen molar-refractivity contribution in [1.29, 1.82) is 0 Å². The average molecular weight is 365 g/mol. The summed E-state index contributed by atoms with van der Waals surface area (Å²) in [7, 11) is 0. The first-order valence-electron chi connectivity index (χ1n) is 8.97. The van der Waals surface area contributed by atoms with Crippen molar-refractivity contribution < 1.29 is 19.1 Å². The van der Waals surface area contributed by atoms with Gasteiger partial charge in [-0.1, -0.05) is 6.07 Å². The number of benzene rings is 1. The second-order valence-corrected chi connectivity index (χ2v) is 7.85. The first-order chi connectivity index (χ1) is 12.9. The predicted octanol–water partition coefficient (Wildman–Crippen LogP) is 3.13. The average Bonchev–Trinajstić information content (AvgIpc) is 3.26. The highest BCUT2D eigenvalue weighted by Gasteiger charge is 2.52. The van der Waals surface area contributed by atoms with E-state index in [0.29, 0.717) is 12.4 Å². The van der Waals surface area contributed by atoms with Gasteiger partial charge in [-0.05, 0) is 51.0 Å². The molecule has 1 aliphatic carbocycles. The zero-order chi connectivity index (χ0) is 18.8. The molecule has 1 aromatic carbocycles. The van der Waals surface area contributed by atoms with E-state index in [1.54, 1.807) is 26.0 Å². The second-order valence-electron chi connectivity index (χ2n) is 7.85. The van der Waals surface area contributed by atoms with E-state index in [9.17, 15) is 9.59 Å². The maximum absolute atomic E-state index is 12.4. The van der Waals surface area contributed by atoms with E-state index in [-0.39, 0.29) is 17.1 Å². The molecule has 2 aliphatic heterocycles. The van der Waals surface area contributed by atoms with Gasteiger partial charge in [-0.2, -0.15) is 0 Å². The van der Waals surface area contributed by atoms with Crippen LogP contribution in [-0.4, -0.2) is 29.1 Å². The number of carbonyl (C=O) groups is 2. The summed E-state index contributed by atoms with van der Waals surface area (Å²) in [6, 6.07) is 8.66. The van der Waals surface area contributed by atoms with Gasteiger partial charge in [0.1, 0.15) is 28.6 Å². The number of aromatic nitrogens is 1. The molecule has 3 amide bonds. The summed E-state index contributed by atoms with van der Waals surface area (Å²) >= 11 is 0. The molecule has 0 bridgehead atoms. The maximum atomic E-state index is 12.4. The maximum Gasteiger partial charge on any atom is 0.330 e. The van der Waals surface area contributed by atoms with Gasteiger partial charge in [-0.3, -0.25) is 4.79 Å². The number of anilines is 1. The van der Waals surface area contributed by atoms with E-state index < -0.39 is 11.6 Å². The number of urea groups is 1. The van der Waals surface area contributed by atoms with Crippen molar-refractivity contribution in [3.05, 3.63) is 42.1 Å². The first-order valence-corrected chi connectivity index (χ1v) is 8.97. The highest BCUT2D eigenvalue weighted by atomic mass is 16.5. The van der Waals surface area contributed by atoms with E-state index in [1.165, 1.54) is 6.20 Å². The lowest BCUT2D eigenvalue weighted by Gasteiger charge is -2.16. The van der Waals surface area contributed by atoms with Crippen LogP contribution >= 0.6 is 0 Å². The molecule has 0 radical (unpaired) electrons. The van der Waals surface area contributed by atoms with Crippen LogP contribution in [0.25, 0.3) is 0 Å². The summed E-state index contributed by atoms with van der Waals surface area (Å²) < 4.78 is 11.9. The van der Waals surface area contributed by atoms with Crippen molar-refractivity contribution in [3.63, 3.8) is 0 Å². The minimum absolute atomic E-state index is 0.102. The Labute approximate surface area is 156 Å². The van der Waals surface area contributed by atoms with Crippen LogP contribution in [0.1, 0.15) is 32.3 Å². The van der Waals surface area contributed by atoms with Gasteiger partial charge in [0.05, 0.1) is 12.8 Å². The molecule has 1 N–H and O–H groups in total. The van der Waals surface area contributed by atoms with Crippen LogP contribution in [0.2, 0.25) is 0 Å². The number of rotatable bonds is 3. The largest absolute Gasteiger partial charge is 0.492 e. The molecule has 2 fully saturated rings. The van der Waals surface area contributed by atoms with E-state index >= 15 is 0 Å². The topological polar surface area (TPSA) is 80.8 Å². The Bertz CT molecular complexity index is 964. The molecular weight excluding hydrogens is 346 g/mol. The number of nitrogens with zero attached hydrogens (tertiary/aromatic N) is 2. The Morgan fingerprint density at radius 2 is 2.00 bits per heavy atom. The third-order valence-corrected chi connectivity index (χ3v) is 5.41. The van der Waals surface area contributed by atoms with E-state index in [4.69, 9.17) is 9.47 Å². The quantitative estimate of drug-likeness (QED) is 0.845. The van der Waals surface area contributed by atoms with Crippen molar-refractivity contribution in [3.8, 4) is 17.2 Å². The Morgan fingerprint density at radius 1 is 1.19 bits per heavy atom. The van der Waals surface area contributed by atoms with E-state index in [0.717, 1.165) is 34.8 Å². The van der Waals surface area contributed by atoms with Crippen molar-refractivity contribution in [2.45, 2.75) is 37.6 Å². The molecule has 2 aromatic rings. The van der Waals surface area contributed by atoms with Crippen molar-refractivity contribution in [2.75, 3.05) is 11.5 Å². The molecule has 7 nitrogen and oxygen atoms in total. The van der Waals surface area contributed by atoms with Gasteiger partial charge < -0.3 is 14.8 Å². The zero-order valence-electron chi connectivity index (χ0n) is 15.1. The smallest absolute Gasteiger partial charge is 0.330 e. The number of carbonyl (C=O) groups excluding carboxylic acids is 2. The molecule has 0 atom stereocenters. The molecule has 0 unspecified atom stereocenters. The molecule has 138 valence electrons. The zero-order valence-corrected chi connectivity index (χ0v) is 15.1. The molecule has 27 heavy (non-hydrogen) atoms. The van der Waals surface area contributed by atoms with Crippen molar-refractivity contribution in [2.24, 2.45) is 0 Å². The van der Waals surface area contributed by atoms with Crippen LogP contribution < -0.4 is 19.7 Å². The minimum Gasteiger partial charge on any atom is -0.492 e. The normalized spacial score (nSPS) is 21.0. The van der Waals surface area contributed by atoms with Gasteiger partial charge in [0.25, 0.3) is 5.91 Å². The number of ether oxygens (including phenoxy) is 2. The molecule has 3 heterocycles. The predicted molar refractivity (Wildman–Crippen MR) is 97.3 cm³/mol. The fraction of sp³-hybridized carbons (Fsp3) is 0.350.